The largest absolute Gasteiger partial charge is 0.421 e. The zero-order chi connectivity index (χ0) is 54.7. The summed E-state index contributed by atoms with van der Waals surface area (Å²) in [4.78, 5) is 17.1. The maximum absolute atomic E-state index is 15.4. The van der Waals surface area contributed by atoms with Crippen LogP contribution in [0.3, 0.4) is 0 Å². The molecule has 0 radical (unpaired) electrons. The summed E-state index contributed by atoms with van der Waals surface area (Å²) in [6.07, 6.45) is -2.03. The minimum atomic E-state index is -7.22. The van der Waals surface area contributed by atoms with Crippen LogP contribution in [0.15, 0.2) is 104 Å². The lowest BCUT2D eigenvalue weighted by Gasteiger charge is -2.44. The van der Waals surface area contributed by atoms with Crippen molar-refractivity contribution in [2.45, 2.75) is 6.54 Å². The molecule has 0 atom stereocenters. The van der Waals surface area contributed by atoms with E-state index in [9.17, 15) is 57.5 Å². The van der Waals surface area contributed by atoms with Crippen molar-refractivity contribution in [2.24, 2.45) is 0 Å². The van der Waals surface area contributed by atoms with Gasteiger partial charge >= 0.3 is 5.97 Å². The van der Waals surface area contributed by atoms with Gasteiger partial charge in [0.25, 0.3) is 0 Å². The van der Waals surface area contributed by atoms with E-state index in [1.54, 1.807) is 12.4 Å². The van der Waals surface area contributed by atoms with Gasteiger partial charge in [-0.25, -0.2) is 97.6 Å². The number of benzene rings is 8. The molecular weight excluding hydrogens is 1050 g/mol. The van der Waals surface area contributed by atoms with Gasteiger partial charge in [0.1, 0.15) is 58.4 Å². The lowest BCUT2D eigenvalue weighted by atomic mass is 9.12. The van der Waals surface area contributed by atoms with E-state index in [-0.39, 0.29) is 5.69 Å². The Kier molecular flexibility index (Phi) is 14.1. The molecule has 0 aliphatic heterocycles. The summed E-state index contributed by atoms with van der Waals surface area (Å²) in [5, 5.41) is 4.11. The SMILES string of the molecule is Fc1c(F)c(F)c([B-](c2c(F)c(F)c(F)c(F)c2F)(c2c(F)c(F)c(F)c(F)c2F)c2c(F)c(F)c(F)c(F)c2F)c(F)c1F.O=C(Oc1cc2ccccc2c2ccccc12)c1c[n+](Cc2ccccc2)ccn1. The molecule has 0 amide bonds. The predicted molar refractivity (Wildman–Crippen MR) is 226 cm³/mol. The number of esters is 1. The Balaban J connectivity index is 0.000000215. The van der Waals surface area contributed by atoms with Gasteiger partial charge in [0.15, 0.2) is 82.5 Å². The van der Waals surface area contributed by atoms with Crippen molar-refractivity contribution >= 4 is 55.5 Å². The van der Waals surface area contributed by atoms with E-state index in [1.165, 1.54) is 0 Å². The highest BCUT2D eigenvalue weighted by atomic mass is 19.2. The van der Waals surface area contributed by atoms with Gasteiger partial charge in [-0.3, -0.25) is 0 Å². The van der Waals surface area contributed by atoms with Crippen LogP contribution in [0.1, 0.15) is 16.1 Å². The fourth-order valence-corrected chi connectivity index (χ4v) is 8.56. The van der Waals surface area contributed by atoms with Crippen molar-refractivity contribution in [3.63, 3.8) is 0 Å². The van der Waals surface area contributed by atoms with Crippen LogP contribution in [0.2, 0.25) is 0 Å². The first-order chi connectivity index (χ1) is 35.5. The normalized spacial score (nSPS) is 11.6. The molecule has 384 valence electrons. The molecule has 8 aromatic carbocycles. The average molecular weight is 1070 g/mol. The quantitative estimate of drug-likeness (QED) is 0.0223. The highest BCUT2D eigenvalue weighted by molar-refractivity contribution is 7.20. The minimum absolute atomic E-state index is 0.269. The van der Waals surface area contributed by atoms with Gasteiger partial charge in [0.05, 0.1) is 6.20 Å². The number of hydrogen-bond donors (Lipinski definition) is 0. The molecule has 0 aliphatic rings. The molecule has 0 bridgehead atoms. The third kappa shape index (κ3) is 8.57. The summed E-state index contributed by atoms with van der Waals surface area (Å²) in [6.45, 7) is 0.655. The number of hydrogen-bond acceptors (Lipinski definition) is 3. The minimum Gasteiger partial charge on any atom is -0.421 e. The molecule has 4 nitrogen and oxygen atoms in total. The van der Waals surface area contributed by atoms with E-state index >= 15 is 35.1 Å². The topological polar surface area (TPSA) is 43.1 Å². The lowest BCUT2D eigenvalue weighted by Crippen LogP contribution is -2.81. The summed E-state index contributed by atoms with van der Waals surface area (Å²) in [7, 11) is 0. The number of ether oxygens (including phenoxy) is 1. The van der Waals surface area contributed by atoms with Gasteiger partial charge in [-0.05, 0) is 22.2 Å². The van der Waals surface area contributed by atoms with E-state index < -0.39 is 150 Å². The van der Waals surface area contributed by atoms with E-state index in [2.05, 4.69) is 11.1 Å². The predicted octanol–water partition coefficient (Wildman–Crippen LogP) is 10.8. The molecule has 0 fully saturated rings. The third-order valence-electron chi connectivity index (χ3n) is 11.8. The number of nitrogens with zero attached hydrogens (tertiary/aromatic N) is 2. The van der Waals surface area contributed by atoms with Crippen LogP contribution in [0.25, 0.3) is 21.5 Å². The van der Waals surface area contributed by atoms with Crippen LogP contribution in [-0.2, 0) is 6.54 Å². The fraction of sp³-hybridized carbons (Fsp3) is 0.0200. The van der Waals surface area contributed by atoms with Gasteiger partial charge in [-0.1, -0.05) is 78.9 Å². The first-order valence-electron chi connectivity index (χ1n) is 20.7. The van der Waals surface area contributed by atoms with E-state index in [4.69, 9.17) is 4.74 Å². The van der Waals surface area contributed by atoms with Crippen molar-refractivity contribution in [3.05, 3.63) is 231 Å². The summed E-state index contributed by atoms with van der Waals surface area (Å²) in [5.41, 5.74) is -12.9. The van der Waals surface area contributed by atoms with Crippen LogP contribution in [0.5, 0.6) is 5.75 Å². The molecule has 0 saturated carbocycles. The Bertz CT molecular complexity index is 3440. The van der Waals surface area contributed by atoms with Crippen LogP contribution < -0.4 is 31.2 Å². The number of halogens is 20. The second-order valence-corrected chi connectivity index (χ2v) is 15.9. The molecule has 9 aromatic rings. The highest BCUT2D eigenvalue weighted by Gasteiger charge is 2.52. The Hall–Kier alpha value is -8.51. The molecule has 0 aliphatic carbocycles. The number of aromatic nitrogens is 2. The number of carbonyl (C=O) groups excluding carboxylic acids is 1. The summed E-state index contributed by atoms with van der Waals surface area (Å²) < 4.78 is 302. The maximum atomic E-state index is 15.4. The van der Waals surface area contributed by atoms with Crippen LogP contribution in [-0.4, -0.2) is 17.1 Å². The number of rotatable bonds is 8. The van der Waals surface area contributed by atoms with Crippen molar-refractivity contribution in [2.75, 3.05) is 0 Å². The summed E-state index contributed by atoms with van der Waals surface area (Å²) >= 11 is 0. The van der Waals surface area contributed by atoms with Gasteiger partial charge in [0, 0.05) is 10.9 Å². The van der Waals surface area contributed by atoms with Gasteiger partial charge in [-0.15, -0.1) is 21.9 Å². The highest BCUT2D eigenvalue weighted by Crippen LogP contribution is 2.35. The van der Waals surface area contributed by atoms with Crippen molar-refractivity contribution < 1.29 is 102 Å². The maximum Gasteiger partial charge on any atom is 0.368 e. The van der Waals surface area contributed by atoms with Crippen LogP contribution in [0, 0.1) is 116 Å². The molecule has 75 heavy (non-hydrogen) atoms. The molecule has 0 N–H and O–H groups in total. The van der Waals surface area contributed by atoms with E-state index in [0.29, 0.717) is 12.3 Å². The molecule has 1 heterocycles. The molecule has 0 spiro atoms. The standard InChI is InChI=1S/C26H19N2O2.C24BF20/c29-26(24-18-28(15-14-27-24)17-19-8-2-1-3-9-19)30-25-16-20-10-4-5-11-21(20)22-12-6-7-13-23(22)25;26-5-1(6(27)14(35)21(42)13(5)34)25(2-7(28)15(36)22(43)16(37)8(2)29,3-9(30)17(38)23(44)18(39)10(3)31)4-11(32)19(40)24(45)20(41)12(4)33/h1-16,18H,17H2;/q+1;-1. The Labute approximate surface area is 405 Å². The second-order valence-electron chi connectivity index (χ2n) is 15.9. The Morgan fingerprint density at radius 1 is 0.413 bits per heavy atom. The zero-order valence-corrected chi connectivity index (χ0v) is 36.4. The molecule has 1 aromatic heterocycles. The Morgan fingerprint density at radius 2 is 0.747 bits per heavy atom. The summed E-state index contributed by atoms with van der Waals surface area (Å²) in [5.74, 6) is -71.3. The summed E-state index contributed by atoms with van der Waals surface area (Å²) in [6, 6.07) is 28.0. The molecular formula is C50H19BF20N2O2. The van der Waals surface area contributed by atoms with Crippen LogP contribution in [0.4, 0.5) is 87.8 Å². The van der Waals surface area contributed by atoms with Crippen molar-refractivity contribution in [1.29, 1.82) is 0 Å². The van der Waals surface area contributed by atoms with E-state index in [0.717, 1.165) is 27.1 Å². The Morgan fingerprint density at radius 3 is 1.15 bits per heavy atom. The zero-order valence-electron chi connectivity index (χ0n) is 36.4. The molecule has 0 saturated heterocycles. The molecule has 25 heteroatoms. The van der Waals surface area contributed by atoms with Gasteiger partial charge in [-0.2, -0.15) is 4.57 Å². The smallest absolute Gasteiger partial charge is 0.368 e. The van der Waals surface area contributed by atoms with Gasteiger partial charge < -0.3 is 4.74 Å². The van der Waals surface area contributed by atoms with Crippen molar-refractivity contribution in [3.8, 4) is 5.75 Å². The average Bonchev–Trinajstić information content (AvgIpc) is 3.47. The molecule has 0 unspecified atom stereocenters. The molecule has 9 rings (SSSR count). The van der Waals surface area contributed by atoms with E-state index in [1.807, 2.05) is 89.6 Å². The van der Waals surface area contributed by atoms with Crippen LogP contribution >= 0.6 is 0 Å². The second kappa shape index (κ2) is 20.1. The van der Waals surface area contributed by atoms with Crippen molar-refractivity contribution in [1.82, 2.24) is 4.98 Å². The first-order valence-corrected chi connectivity index (χ1v) is 20.7. The number of carbonyl (C=O) groups is 1. The lowest BCUT2D eigenvalue weighted by molar-refractivity contribution is -0.689. The monoisotopic (exact) mass is 1070 g/mol. The van der Waals surface area contributed by atoms with Gasteiger partial charge in [0.2, 0.25) is 11.9 Å². The number of fused-ring (bicyclic) bond motifs is 3. The fourth-order valence-electron chi connectivity index (χ4n) is 8.56. The first kappa shape index (κ1) is 52.8. The third-order valence-corrected chi connectivity index (χ3v) is 11.8.